The van der Waals surface area contributed by atoms with Crippen LogP contribution in [0.3, 0.4) is 0 Å². The molecule has 0 aromatic carbocycles. The summed E-state index contributed by atoms with van der Waals surface area (Å²) in [6, 6.07) is 6.90. The van der Waals surface area contributed by atoms with Crippen molar-refractivity contribution in [1.82, 2.24) is 4.98 Å². The van der Waals surface area contributed by atoms with Crippen molar-refractivity contribution >= 4 is 22.1 Å². The summed E-state index contributed by atoms with van der Waals surface area (Å²) in [5.74, 6) is 0.736. The summed E-state index contributed by atoms with van der Waals surface area (Å²) in [6.07, 6.45) is 11.1. The van der Waals surface area contributed by atoms with Crippen molar-refractivity contribution in [3.8, 4) is 6.07 Å². The fraction of sp³-hybridized carbons (Fsp3) is 0.714. The quantitative estimate of drug-likeness (QED) is 0.416. The molecule has 132 valence electrons. The van der Waals surface area contributed by atoms with Gasteiger partial charge in [-0.1, -0.05) is 0 Å². The first-order valence-corrected chi connectivity index (χ1v) is 17.6. The summed E-state index contributed by atoms with van der Waals surface area (Å²) in [5.41, 5.74) is 1.48. The van der Waals surface area contributed by atoms with Crippen LogP contribution < -0.4 is 3.71 Å². The molecule has 0 amide bonds. The van der Waals surface area contributed by atoms with E-state index in [1.807, 2.05) is 6.20 Å². The summed E-state index contributed by atoms with van der Waals surface area (Å²) in [4.78, 5) is 5.02. The van der Waals surface area contributed by atoms with Gasteiger partial charge >= 0.3 is 153 Å². The normalized spacial score (nSPS) is 19.9. The Morgan fingerprint density at radius 3 is 2.12 bits per heavy atom. The Labute approximate surface area is 152 Å². The third kappa shape index (κ3) is 4.75. The summed E-state index contributed by atoms with van der Waals surface area (Å²) in [7, 11) is 0. The molecule has 1 aromatic heterocycles. The van der Waals surface area contributed by atoms with E-state index in [4.69, 9.17) is 4.98 Å². The van der Waals surface area contributed by atoms with Gasteiger partial charge in [0.1, 0.15) is 0 Å². The molecule has 2 atom stereocenters. The van der Waals surface area contributed by atoms with Crippen molar-refractivity contribution in [2.75, 3.05) is 0 Å². The molecule has 24 heavy (non-hydrogen) atoms. The van der Waals surface area contributed by atoms with Crippen LogP contribution in [-0.4, -0.2) is 23.4 Å². The van der Waals surface area contributed by atoms with E-state index in [1.54, 1.807) is 3.71 Å². The second-order valence-corrected chi connectivity index (χ2v) is 20.6. The molecule has 2 nitrogen and oxygen atoms in total. The zero-order chi connectivity index (χ0) is 17.4. The first kappa shape index (κ1) is 19.8. The van der Waals surface area contributed by atoms with Crippen LogP contribution in [0.25, 0.3) is 0 Å². The molecular formula is C21H34N2Sn. The molecule has 0 saturated heterocycles. The first-order valence-electron chi connectivity index (χ1n) is 10.1. The van der Waals surface area contributed by atoms with Crippen LogP contribution in [0.5, 0.6) is 0 Å². The van der Waals surface area contributed by atoms with Crippen LogP contribution >= 0.6 is 0 Å². The van der Waals surface area contributed by atoms with E-state index in [0.717, 1.165) is 6.42 Å². The monoisotopic (exact) mass is 434 g/mol. The zero-order valence-electron chi connectivity index (χ0n) is 15.9. The van der Waals surface area contributed by atoms with Crippen LogP contribution in [-0.2, 0) is 0 Å². The number of aromatic nitrogens is 1. The summed E-state index contributed by atoms with van der Waals surface area (Å²) < 4.78 is 5.92. The fourth-order valence-corrected chi connectivity index (χ4v) is 20.6. The van der Waals surface area contributed by atoms with Crippen molar-refractivity contribution in [2.45, 2.75) is 84.9 Å². The Kier molecular flexibility index (Phi) is 8.07. The Morgan fingerprint density at radius 1 is 1.08 bits per heavy atom. The fourth-order valence-electron chi connectivity index (χ4n) is 4.12. The van der Waals surface area contributed by atoms with Crippen molar-refractivity contribution in [2.24, 2.45) is 5.92 Å². The number of rotatable bonds is 11. The van der Waals surface area contributed by atoms with E-state index >= 15 is 0 Å². The Balaban J connectivity index is 2.39. The van der Waals surface area contributed by atoms with Gasteiger partial charge < -0.3 is 0 Å². The van der Waals surface area contributed by atoms with Crippen LogP contribution in [0.4, 0.5) is 0 Å². The summed E-state index contributed by atoms with van der Waals surface area (Å²) in [5, 5.41) is 9.30. The van der Waals surface area contributed by atoms with E-state index in [0.29, 0.717) is 5.92 Å². The SMILES string of the molecule is CCC[CH2][Sn]([CH2]CCC)([CH2]CCC)[c]1ncccc1C1CC1C#N. The molecule has 1 saturated carbocycles. The molecule has 0 spiro atoms. The van der Waals surface area contributed by atoms with E-state index in [2.05, 4.69) is 39.0 Å². The van der Waals surface area contributed by atoms with Gasteiger partial charge in [0.2, 0.25) is 0 Å². The number of nitrogens with zero attached hydrogens (tertiary/aromatic N) is 2. The van der Waals surface area contributed by atoms with Crippen molar-refractivity contribution in [3.63, 3.8) is 0 Å². The van der Waals surface area contributed by atoms with Gasteiger partial charge in [-0.25, -0.2) is 0 Å². The van der Waals surface area contributed by atoms with Gasteiger partial charge in [0, 0.05) is 0 Å². The van der Waals surface area contributed by atoms with Gasteiger partial charge in [0.05, 0.1) is 0 Å². The molecule has 1 heterocycles. The topological polar surface area (TPSA) is 36.7 Å². The Bertz CT molecular complexity index is 527. The van der Waals surface area contributed by atoms with E-state index < -0.39 is 18.4 Å². The van der Waals surface area contributed by atoms with E-state index in [9.17, 15) is 5.26 Å². The third-order valence-electron chi connectivity index (χ3n) is 5.72. The molecule has 1 aromatic rings. The van der Waals surface area contributed by atoms with E-state index in [1.165, 1.54) is 57.4 Å². The van der Waals surface area contributed by atoms with Gasteiger partial charge in [-0.05, 0) is 0 Å². The maximum atomic E-state index is 9.30. The first-order chi connectivity index (χ1) is 11.7. The van der Waals surface area contributed by atoms with Gasteiger partial charge in [-0.2, -0.15) is 0 Å². The molecule has 1 aliphatic carbocycles. The third-order valence-corrected chi connectivity index (χ3v) is 21.0. The summed E-state index contributed by atoms with van der Waals surface area (Å²) in [6.45, 7) is 6.96. The zero-order valence-corrected chi connectivity index (χ0v) is 18.7. The van der Waals surface area contributed by atoms with Crippen LogP contribution in [0, 0.1) is 17.2 Å². The minimum atomic E-state index is -2.48. The number of hydrogen-bond acceptors (Lipinski definition) is 2. The maximum absolute atomic E-state index is 9.30. The predicted molar refractivity (Wildman–Crippen MR) is 105 cm³/mol. The molecule has 0 bridgehead atoms. The van der Waals surface area contributed by atoms with Crippen molar-refractivity contribution < 1.29 is 0 Å². The molecule has 1 fully saturated rings. The summed E-state index contributed by atoms with van der Waals surface area (Å²) >= 11 is -2.48. The molecule has 0 aliphatic heterocycles. The number of unbranched alkanes of at least 4 members (excludes halogenated alkanes) is 3. The Morgan fingerprint density at radius 2 is 1.67 bits per heavy atom. The van der Waals surface area contributed by atoms with Gasteiger partial charge in [-0.15, -0.1) is 0 Å². The second kappa shape index (κ2) is 9.80. The van der Waals surface area contributed by atoms with E-state index in [-0.39, 0.29) is 5.92 Å². The molecule has 0 N–H and O–H groups in total. The number of hydrogen-bond donors (Lipinski definition) is 0. The van der Waals surface area contributed by atoms with Gasteiger partial charge in [0.25, 0.3) is 0 Å². The van der Waals surface area contributed by atoms with Crippen molar-refractivity contribution in [1.29, 1.82) is 5.26 Å². The van der Waals surface area contributed by atoms with Gasteiger partial charge in [-0.3, -0.25) is 0 Å². The average molecular weight is 433 g/mol. The average Bonchev–Trinajstić information content (AvgIpc) is 3.41. The van der Waals surface area contributed by atoms with Crippen molar-refractivity contribution in [3.05, 3.63) is 23.9 Å². The minimum absolute atomic E-state index is 0.250. The Hall–Kier alpha value is -0.561. The second-order valence-electron chi connectivity index (χ2n) is 7.61. The molecule has 1 aliphatic rings. The van der Waals surface area contributed by atoms with Crippen LogP contribution in [0.1, 0.15) is 77.2 Å². The van der Waals surface area contributed by atoms with Crippen LogP contribution in [0.2, 0.25) is 13.3 Å². The molecule has 2 unspecified atom stereocenters. The van der Waals surface area contributed by atoms with Crippen LogP contribution in [0.15, 0.2) is 18.3 Å². The molecule has 2 rings (SSSR count). The number of pyridine rings is 1. The standard InChI is InChI=1S/C9H7N2.3C4H9.Sn/c10-5-8-4-9(8)7-2-1-3-11-6-7;3*1-3-4-2;/h1-3,8-9H,4H2;3*1,3-4H2,2H3;. The van der Waals surface area contributed by atoms with Gasteiger partial charge in [0.15, 0.2) is 0 Å². The molecule has 3 heteroatoms. The number of nitriles is 1. The molecular weight excluding hydrogens is 399 g/mol. The molecule has 0 radical (unpaired) electrons. The predicted octanol–water partition coefficient (Wildman–Crippen LogP) is 5.76.